The predicted octanol–water partition coefficient (Wildman–Crippen LogP) is 1.70. The predicted molar refractivity (Wildman–Crippen MR) is 113 cm³/mol. The molecule has 3 saturated heterocycles. The highest BCUT2D eigenvalue weighted by Crippen LogP contribution is 2.58. The van der Waals surface area contributed by atoms with Crippen LogP contribution in [0.25, 0.3) is 0 Å². The molecule has 0 aliphatic carbocycles. The molecule has 8 nitrogen and oxygen atoms in total. The lowest BCUT2D eigenvalue weighted by atomic mass is 9.70. The average Bonchev–Trinajstić information content (AvgIpc) is 3.38. The molecule has 1 aromatic rings. The maximum absolute atomic E-state index is 13.9. The minimum absolute atomic E-state index is 0.146. The lowest BCUT2D eigenvalue weighted by Crippen LogP contribution is -2.56. The number of anilines is 1. The van der Waals surface area contributed by atoms with E-state index in [1.165, 1.54) is 9.80 Å². The third-order valence-corrected chi connectivity index (χ3v) is 6.84. The molecule has 2 amide bonds. The molecule has 9 heteroatoms. The van der Waals surface area contributed by atoms with Gasteiger partial charge in [-0.3, -0.25) is 14.4 Å². The fourth-order valence-corrected chi connectivity index (χ4v) is 5.54. The summed E-state index contributed by atoms with van der Waals surface area (Å²) >= 11 is 5.99. The first-order chi connectivity index (χ1) is 14.9. The number of amides is 2. The Labute approximate surface area is 185 Å². The molecule has 3 aliphatic heterocycles. The van der Waals surface area contributed by atoms with Gasteiger partial charge in [-0.05, 0) is 43.5 Å². The summed E-state index contributed by atoms with van der Waals surface area (Å²) < 4.78 is 6.16. The zero-order valence-corrected chi connectivity index (χ0v) is 17.7. The molecule has 0 aromatic heterocycles. The van der Waals surface area contributed by atoms with Gasteiger partial charge in [0, 0.05) is 30.4 Å². The van der Waals surface area contributed by atoms with Gasteiger partial charge in [-0.15, -0.1) is 6.58 Å². The van der Waals surface area contributed by atoms with Crippen molar-refractivity contribution in [3.63, 3.8) is 0 Å². The number of carboxylic acid groups (broad SMARTS) is 1. The number of nitrogens with zero attached hydrogens (tertiary/aromatic N) is 2. The van der Waals surface area contributed by atoms with Gasteiger partial charge in [-0.1, -0.05) is 17.7 Å². The van der Waals surface area contributed by atoms with Crippen LogP contribution in [0.5, 0.6) is 0 Å². The zero-order valence-electron chi connectivity index (χ0n) is 16.9. The molecule has 0 unspecified atom stereocenters. The highest BCUT2D eigenvalue weighted by atomic mass is 35.5. The number of hydrogen-bond acceptors (Lipinski definition) is 5. The molecule has 31 heavy (non-hydrogen) atoms. The zero-order chi connectivity index (χ0) is 22.3. The van der Waals surface area contributed by atoms with Crippen molar-refractivity contribution in [2.24, 2.45) is 11.8 Å². The number of halogens is 1. The second-order valence-corrected chi connectivity index (χ2v) is 8.65. The first kappa shape index (κ1) is 21.8. The number of aliphatic hydroxyl groups excluding tert-OH is 1. The summed E-state index contributed by atoms with van der Waals surface area (Å²) in [7, 11) is 0. The van der Waals surface area contributed by atoms with E-state index >= 15 is 0 Å². The largest absolute Gasteiger partial charge is 0.481 e. The van der Waals surface area contributed by atoms with Gasteiger partial charge in [0.05, 0.1) is 17.9 Å². The van der Waals surface area contributed by atoms with Crippen LogP contribution < -0.4 is 4.90 Å². The lowest BCUT2D eigenvalue weighted by molar-refractivity contribution is -0.149. The number of ether oxygens (including phenoxy) is 1. The van der Waals surface area contributed by atoms with Crippen LogP contribution in [-0.2, 0) is 19.1 Å². The van der Waals surface area contributed by atoms with Crippen LogP contribution in [0.2, 0.25) is 5.02 Å². The Morgan fingerprint density at radius 3 is 2.68 bits per heavy atom. The Balaban J connectivity index is 1.76. The Hall–Kier alpha value is -2.42. The van der Waals surface area contributed by atoms with Gasteiger partial charge in [-0.2, -0.15) is 0 Å². The second kappa shape index (κ2) is 8.26. The minimum atomic E-state index is -1.18. The molecule has 5 atom stereocenters. The summed E-state index contributed by atoms with van der Waals surface area (Å²) in [6.07, 6.45) is 2.21. The fraction of sp³-hybridized carbons (Fsp3) is 0.500. The molecule has 1 aromatic carbocycles. The van der Waals surface area contributed by atoms with Crippen molar-refractivity contribution >= 4 is 35.1 Å². The number of hydrogen-bond donors (Lipinski definition) is 2. The Morgan fingerprint density at radius 2 is 2.06 bits per heavy atom. The van der Waals surface area contributed by atoms with Gasteiger partial charge >= 0.3 is 5.97 Å². The van der Waals surface area contributed by atoms with E-state index in [1.807, 2.05) is 0 Å². The quantitative estimate of drug-likeness (QED) is 0.586. The molecule has 0 saturated carbocycles. The first-order valence-corrected chi connectivity index (χ1v) is 10.7. The number of carboxylic acids is 1. The molecule has 3 aliphatic rings. The molecule has 4 rings (SSSR count). The highest BCUT2D eigenvalue weighted by molar-refractivity contribution is 6.30. The average molecular weight is 449 g/mol. The van der Waals surface area contributed by atoms with Gasteiger partial charge in [0.2, 0.25) is 5.91 Å². The van der Waals surface area contributed by atoms with Gasteiger partial charge in [0.15, 0.2) is 0 Å². The third kappa shape index (κ3) is 3.33. The van der Waals surface area contributed by atoms with Crippen LogP contribution >= 0.6 is 11.6 Å². The summed E-state index contributed by atoms with van der Waals surface area (Å²) in [5.74, 6) is -3.72. The number of likely N-dealkylation sites (tertiary alicyclic amines) is 1. The molecular weight excluding hydrogens is 424 g/mol. The number of fused-ring (bicyclic) bond motifs is 1. The fourth-order valence-electron chi connectivity index (χ4n) is 5.42. The molecular formula is C22H25ClN2O6. The Morgan fingerprint density at radius 1 is 1.35 bits per heavy atom. The third-order valence-electron chi connectivity index (χ3n) is 6.59. The summed E-state index contributed by atoms with van der Waals surface area (Å²) in [6, 6.07) is 5.79. The van der Waals surface area contributed by atoms with E-state index in [2.05, 4.69) is 6.58 Å². The smallest absolute Gasteiger partial charge is 0.310 e. The molecule has 166 valence electrons. The monoisotopic (exact) mass is 448 g/mol. The highest BCUT2D eigenvalue weighted by Gasteiger charge is 2.74. The number of carbonyl (C=O) groups excluding carboxylic acids is 2. The van der Waals surface area contributed by atoms with E-state index in [0.29, 0.717) is 23.6 Å². The maximum atomic E-state index is 13.9. The van der Waals surface area contributed by atoms with Crippen LogP contribution in [0.1, 0.15) is 19.3 Å². The van der Waals surface area contributed by atoms with E-state index in [9.17, 15) is 24.6 Å². The summed E-state index contributed by atoms with van der Waals surface area (Å²) in [4.78, 5) is 42.1. The Kier molecular flexibility index (Phi) is 5.81. The summed E-state index contributed by atoms with van der Waals surface area (Å²) in [6.45, 7) is 3.94. The van der Waals surface area contributed by atoms with Crippen molar-refractivity contribution in [3.8, 4) is 0 Å². The minimum Gasteiger partial charge on any atom is -0.481 e. The van der Waals surface area contributed by atoms with Crippen LogP contribution in [0.4, 0.5) is 5.69 Å². The van der Waals surface area contributed by atoms with Crippen LogP contribution in [-0.4, -0.2) is 70.3 Å². The molecule has 2 N–H and O–H groups in total. The second-order valence-electron chi connectivity index (χ2n) is 8.22. The van der Waals surface area contributed by atoms with Gasteiger partial charge in [-0.25, -0.2) is 0 Å². The van der Waals surface area contributed by atoms with Crippen molar-refractivity contribution in [1.29, 1.82) is 0 Å². The van der Waals surface area contributed by atoms with Crippen LogP contribution in [0, 0.1) is 11.8 Å². The Bertz CT molecular complexity index is 906. The van der Waals surface area contributed by atoms with E-state index in [4.69, 9.17) is 16.3 Å². The summed E-state index contributed by atoms with van der Waals surface area (Å²) in [5, 5.41) is 19.6. The molecule has 3 heterocycles. The van der Waals surface area contributed by atoms with Gasteiger partial charge < -0.3 is 24.7 Å². The standard InChI is InChI=1S/C22H25ClN2O6/c1-2-10-24(14-6-4-13(23)5-7-14)20(28)18-22-9-8-15(31-22)16(21(29)30)17(22)19(27)25(18)11-3-12-26/h2,4-7,15-18,26H,1,3,8-12H2,(H,29,30)/t15-,16+,17+,18-,22+/m0/s1. The SMILES string of the molecule is C=CCN(C(=O)[C@@H]1N(CCCO)C(=O)[C@H]2[C@H](C(=O)O)[C@@H]3CC[C@]12O3)c1ccc(Cl)cc1. The van der Waals surface area contributed by atoms with E-state index in [0.717, 1.165) is 0 Å². The van der Waals surface area contributed by atoms with Crippen molar-refractivity contribution < 1.29 is 29.3 Å². The number of benzene rings is 1. The van der Waals surface area contributed by atoms with E-state index < -0.39 is 41.5 Å². The van der Waals surface area contributed by atoms with Gasteiger partial charge in [0.1, 0.15) is 11.6 Å². The first-order valence-electron chi connectivity index (χ1n) is 10.4. The molecule has 0 radical (unpaired) electrons. The molecule has 3 fully saturated rings. The van der Waals surface area contributed by atoms with E-state index in [-0.39, 0.29) is 32.0 Å². The van der Waals surface area contributed by atoms with Crippen molar-refractivity contribution in [1.82, 2.24) is 4.90 Å². The number of rotatable bonds is 8. The normalized spacial score (nSPS) is 31.0. The number of carbonyl (C=O) groups is 3. The van der Waals surface area contributed by atoms with Crippen molar-refractivity contribution in [2.45, 2.75) is 37.0 Å². The molecule has 2 bridgehead atoms. The van der Waals surface area contributed by atoms with Gasteiger partial charge in [0.25, 0.3) is 5.91 Å². The summed E-state index contributed by atoms with van der Waals surface area (Å²) in [5.41, 5.74) is -0.588. The lowest BCUT2D eigenvalue weighted by Gasteiger charge is -2.36. The van der Waals surface area contributed by atoms with Crippen LogP contribution in [0.3, 0.4) is 0 Å². The van der Waals surface area contributed by atoms with Crippen molar-refractivity contribution in [2.75, 3.05) is 24.6 Å². The van der Waals surface area contributed by atoms with Crippen molar-refractivity contribution in [3.05, 3.63) is 41.9 Å². The van der Waals surface area contributed by atoms with E-state index in [1.54, 1.807) is 30.3 Å². The molecule has 1 spiro atoms. The number of aliphatic hydroxyl groups is 1. The topological polar surface area (TPSA) is 107 Å². The maximum Gasteiger partial charge on any atom is 0.310 e. The van der Waals surface area contributed by atoms with Crippen LogP contribution in [0.15, 0.2) is 36.9 Å². The number of aliphatic carboxylic acids is 1.